The summed E-state index contributed by atoms with van der Waals surface area (Å²) in [5, 5.41) is 0. The Morgan fingerprint density at radius 2 is 1.96 bits per heavy atom. The van der Waals surface area contributed by atoms with Crippen LogP contribution >= 0.6 is 0 Å². The Labute approximate surface area is 153 Å². The van der Waals surface area contributed by atoms with E-state index in [1.807, 2.05) is 35.5 Å². The predicted octanol–water partition coefficient (Wildman–Crippen LogP) is 3.02. The third kappa shape index (κ3) is 3.35. The van der Waals surface area contributed by atoms with Crippen LogP contribution in [-0.4, -0.2) is 46.5 Å². The highest BCUT2D eigenvalue weighted by Gasteiger charge is 2.25. The van der Waals surface area contributed by atoms with Gasteiger partial charge in [0.25, 0.3) is 0 Å². The van der Waals surface area contributed by atoms with Crippen molar-refractivity contribution in [3.8, 4) is 0 Å². The van der Waals surface area contributed by atoms with Crippen LogP contribution in [0.2, 0.25) is 0 Å². The molecule has 1 amide bonds. The average Bonchev–Trinajstić information content (AvgIpc) is 3.10. The second-order valence-corrected chi connectivity index (χ2v) is 6.78. The van der Waals surface area contributed by atoms with E-state index in [9.17, 15) is 4.79 Å². The van der Waals surface area contributed by atoms with Crippen LogP contribution in [0.4, 0.5) is 0 Å². The topological polar surface area (TPSA) is 46.8 Å². The highest BCUT2D eigenvalue weighted by atomic mass is 16.5. The van der Waals surface area contributed by atoms with Crippen molar-refractivity contribution in [2.24, 2.45) is 0 Å². The van der Waals surface area contributed by atoms with Crippen LogP contribution in [0.1, 0.15) is 29.2 Å². The summed E-state index contributed by atoms with van der Waals surface area (Å²) in [4.78, 5) is 19.4. The normalized spacial score (nSPS) is 16.0. The maximum absolute atomic E-state index is 12.9. The molecule has 0 N–H and O–H groups in total. The molecule has 3 aromatic rings. The first kappa shape index (κ1) is 16.8. The van der Waals surface area contributed by atoms with E-state index in [0.717, 1.165) is 16.9 Å². The van der Waals surface area contributed by atoms with E-state index < -0.39 is 0 Å². The largest absolute Gasteiger partial charge is 0.378 e. The summed E-state index contributed by atoms with van der Waals surface area (Å²) in [6.07, 6.45) is 4.38. The molecule has 0 saturated carbocycles. The third-order valence-corrected chi connectivity index (χ3v) is 5.00. The number of benzene rings is 1. The van der Waals surface area contributed by atoms with Gasteiger partial charge in [0.05, 0.1) is 18.9 Å². The summed E-state index contributed by atoms with van der Waals surface area (Å²) < 4.78 is 7.47. The SMILES string of the molecule is Cc1ccn2c(C(CC(=O)N3CCOCC3)c3ccccc3)cnc2c1. The molecule has 0 aliphatic carbocycles. The van der Waals surface area contributed by atoms with Gasteiger partial charge >= 0.3 is 0 Å². The van der Waals surface area contributed by atoms with E-state index in [1.54, 1.807) is 0 Å². The maximum atomic E-state index is 12.9. The molecule has 4 rings (SSSR count). The van der Waals surface area contributed by atoms with Gasteiger partial charge in [0.2, 0.25) is 5.91 Å². The lowest BCUT2D eigenvalue weighted by Gasteiger charge is -2.28. The van der Waals surface area contributed by atoms with Crippen molar-refractivity contribution < 1.29 is 9.53 Å². The monoisotopic (exact) mass is 349 g/mol. The second kappa shape index (κ2) is 7.30. The van der Waals surface area contributed by atoms with Gasteiger partial charge in [-0.3, -0.25) is 4.79 Å². The van der Waals surface area contributed by atoms with Gasteiger partial charge in [-0.05, 0) is 30.2 Å². The zero-order chi connectivity index (χ0) is 17.9. The Balaban J connectivity index is 1.69. The Morgan fingerprint density at radius 1 is 1.19 bits per heavy atom. The molecule has 0 bridgehead atoms. The second-order valence-electron chi connectivity index (χ2n) is 6.78. The zero-order valence-electron chi connectivity index (χ0n) is 15.0. The summed E-state index contributed by atoms with van der Waals surface area (Å²) in [7, 11) is 0. The number of nitrogens with zero attached hydrogens (tertiary/aromatic N) is 3. The van der Waals surface area contributed by atoms with Gasteiger partial charge in [-0.25, -0.2) is 4.98 Å². The molecule has 5 heteroatoms. The molecule has 1 aliphatic rings. The average molecular weight is 349 g/mol. The van der Waals surface area contributed by atoms with Gasteiger partial charge in [0.15, 0.2) is 0 Å². The molecule has 0 spiro atoms. The van der Waals surface area contributed by atoms with Crippen molar-refractivity contribution in [2.75, 3.05) is 26.3 Å². The number of aryl methyl sites for hydroxylation is 1. The first-order valence-corrected chi connectivity index (χ1v) is 9.06. The number of ether oxygens (including phenoxy) is 1. The molecule has 1 unspecified atom stereocenters. The lowest BCUT2D eigenvalue weighted by atomic mass is 9.92. The fraction of sp³-hybridized carbons (Fsp3) is 0.333. The fourth-order valence-electron chi connectivity index (χ4n) is 3.55. The van der Waals surface area contributed by atoms with Crippen molar-refractivity contribution in [1.82, 2.24) is 14.3 Å². The molecule has 1 saturated heterocycles. The summed E-state index contributed by atoms with van der Waals surface area (Å²) in [6, 6.07) is 14.4. The standard InChI is InChI=1S/C21H23N3O2/c1-16-7-8-24-19(15-22-20(24)13-16)18(17-5-3-2-4-6-17)14-21(25)23-9-11-26-12-10-23/h2-8,13,15,18H,9-12,14H2,1H3. The molecular weight excluding hydrogens is 326 g/mol. The fourth-order valence-corrected chi connectivity index (χ4v) is 3.55. The van der Waals surface area contributed by atoms with Gasteiger partial charge in [-0.15, -0.1) is 0 Å². The Morgan fingerprint density at radius 3 is 2.73 bits per heavy atom. The Bertz CT molecular complexity index is 898. The van der Waals surface area contributed by atoms with Gasteiger partial charge in [0.1, 0.15) is 5.65 Å². The number of hydrogen-bond acceptors (Lipinski definition) is 3. The van der Waals surface area contributed by atoms with Crippen molar-refractivity contribution in [2.45, 2.75) is 19.3 Å². The lowest BCUT2D eigenvalue weighted by Crippen LogP contribution is -2.41. The smallest absolute Gasteiger partial charge is 0.223 e. The first-order chi connectivity index (χ1) is 12.7. The molecule has 2 aromatic heterocycles. The molecule has 26 heavy (non-hydrogen) atoms. The summed E-state index contributed by atoms with van der Waals surface area (Å²) in [6.45, 7) is 4.65. The molecule has 134 valence electrons. The number of pyridine rings is 1. The number of carbonyl (C=O) groups is 1. The van der Waals surface area contributed by atoms with Crippen molar-refractivity contribution in [1.29, 1.82) is 0 Å². The van der Waals surface area contributed by atoms with E-state index >= 15 is 0 Å². The van der Waals surface area contributed by atoms with Gasteiger partial charge in [-0.1, -0.05) is 30.3 Å². The summed E-state index contributed by atoms with van der Waals surface area (Å²) in [5.74, 6) is 0.147. The minimum absolute atomic E-state index is 0.0238. The maximum Gasteiger partial charge on any atom is 0.223 e. The summed E-state index contributed by atoms with van der Waals surface area (Å²) in [5.41, 5.74) is 4.28. The third-order valence-electron chi connectivity index (χ3n) is 5.00. The van der Waals surface area contributed by atoms with E-state index in [2.05, 4.69) is 40.6 Å². The number of carbonyl (C=O) groups excluding carboxylic acids is 1. The van der Waals surface area contributed by atoms with Crippen LogP contribution in [0.3, 0.4) is 0 Å². The number of fused-ring (bicyclic) bond motifs is 1. The molecular formula is C21H23N3O2. The first-order valence-electron chi connectivity index (χ1n) is 9.06. The lowest BCUT2D eigenvalue weighted by molar-refractivity contribution is -0.135. The van der Waals surface area contributed by atoms with Crippen molar-refractivity contribution in [3.05, 3.63) is 71.7 Å². The number of amides is 1. The van der Waals surface area contributed by atoms with E-state index in [1.165, 1.54) is 5.56 Å². The van der Waals surface area contributed by atoms with Crippen LogP contribution < -0.4 is 0 Å². The number of aromatic nitrogens is 2. The van der Waals surface area contributed by atoms with Crippen molar-refractivity contribution >= 4 is 11.6 Å². The van der Waals surface area contributed by atoms with Crippen LogP contribution in [0.15, 0.2) is 54.9 Å². The van der Waals surface area contributed by atoms with Gasteiger partial charge in [0, 0.05) is 37.8 Å². The van der Waals surface area contributed by atoms with Crippen LogP contribution in [0.5, 0.6) is 0 Å². The van der Waals surface area contributed by atoms with Crippen LogP contribution in [-0.2, 0) is 9.53 Å². The van der Waals surface area contributed by atoms with Crippen molar-refractivity contribution in [3.63, 3.8) is 0 Å². The highest BCUT2D eigenvalue weighted by Crippen LogP contribution is 2.29. The van der Waals surface area contributed by atoms with E-state index in [4.69, 9.17) is 4.74 Å². The molecule has 5 nitrogen and oxygen atoms in total. The molecule has 1 aliphatic heterocycles. The predicted molar refractivity (Wildman–Crippen MR) is 100 cm³/mol. The van der Waals surface area contributed by atoms with Gasteiger partial charge in [-0.2, -0.15) is 0 Å². The number of imidazole rings is 1. The minimum atomic E-state index is -0.0238. The Kier molecular flexibility index (Phi) is 4.71. The van der Waals surface area contributed by atoms with E-state index in [-0.39, 0.29) is 11.8 Å². The molecule has 1 atom stereocenters. The quantitative estimate of drug-likeness (QED) is 0.727. The van der Waals surface area contributed by atoms with E-state index in [0.29, 0.717) is 32.7 Å². The van der Waals surface area contributed by atoms with Crippen LogP contribution in [0, 0.1) is 6.92 Å². The summed E-state index contributed by atoms with van der Waals surface area (Å²) >= 11 is 0. The highest BCUT2D eigenvalue weighted by molar-refractivity contribution is 5.78. The molecule has 3 heterocycles. The number of rotatable bonds is 4. The molecule has 0 radical (unpaired) electrons. The van der Waals surface area contributed by atoms with Crippen LogP contribution in [0.25, 0.3) is 5.65 Å². The number of hydrogen-bond donors (Lipinski definition) is 0. The van der Waals surface area contributed by atoms with Gasteiger partial charge < -0.3 is 14.0 Å². The Hall–Kier alpha value is -2.66. The molecule has 1 fully saturated rings. The minimum Gasteiger partial charge on any atom is -0.378 e. The molecule has 1 aromatic carbocycles. The zero-order valence-corrected chi connectivity index (χ0v) is 15.0. The number of morpholine rings is 1.